The van der Waals surface area contributed by atoms with E-state index in [0.717, 1.165) is 29.2 Å². The lowest BCUT2D eigenvalue weighted by Gasteiger charge is -1.97. The Morgan fingerprint density at radius 3 is 2.21 bits per heavy atom. The maximum Gasteiger partial charge on any atom is 0.111 e. The summed E-state index contributed by atoms with van der Waals surface area (Å²) in [6, 6.07) is 20.7. The molecule has 0 saturated heterocycles. The zero-order valence-electron chi connectivity index (χ0n) is 10.9. The predicted octanol–water partition coefficient (Wildman–Crippen LogP) is 3.98. The van der Waals surface area contributed by atoms with E-state index in [1.54, 1.807) is 0 Å². The molecule has 3 rings (SSSR count). The van der Waals surface area contributed by atoms with Gasteiger partial charge in [-0.3, -0.25) is 0 Å². The quantitative estimate of drug-likeness (QED) is 0.746. The third-order valence-electron chi connectivity index (χ3n) is 3.20. The van der Waals surface area contributed by atoms with Crippen molar-refractivity contribution >= 4 is 0 Å². The average molecular weight is 248 g/mol. The first kappa shape index (κ1) is 11.7. The van der Waals surface area contributed by atoms with E-state index in [4.69, 9.17) is 4.98 Å². The number of nitrogens with zero attached hydrogens (tertiary/aromatic N) is 1. The van der Waals surface area contributed by atoms with Gasteiger partial charge < -0.3 is 4.98 Å². The number of aromatic amines is 1. The van der Waals surface area contributed by atoms with E-state index in [2.05, 4.69) is 48.3 Å². The topological polar surface area (TPSA) is 28.7 Å². The monoisotopic (exact) mass is 248 g/mol. The van der Waals surface area contributed by atoms with Gasteiger partial charge in [0.25, 0.3) is 0 Å². The van der Waals surface area contributed by atoms with E-state index in [1.807, 2.05) is 24.3 Å². The molecule has 0 spiro atoms. The molecule has 19 heavy (non-hydrogen) atoms. The van der Waals surface area contributed by atoms with Crippen LogP contribution in [0.3, 0.4) is 0 Å². The van der Waals surface area contributed by atoms with Crippen LogP contribution in [0, 0.1) is 6.92 Å². The number of nitrogens with one attached hydrogen (secondary N) is 1. The summed E-state index contributed by atoms with van der Waals surface area (Å²) in [5.74, 6) is 1.02. The molecular formula is C17H16N2. The zero-order valence-corrected chi connectivity index (χ0v) is 10.9. The van der Waals surface area contributed by atoms with Crippen molar-refractivity contribution in [1.82, 2.24) is 9.97 Å². The van der Waals surface area contributed by atoms with Crippen LogP contribution in [-0.4, -0.2) is 9.97 Å². The highest BCUT2D eigenvalue weighted by atomic mass is 14.9. The Kier molecular flexibility index (Phi) is 3.15. The smallest absolute Gasteiger partial charge is 0.111 e. The fraction of sp³-hybridized carbons (Fsp3) is 0.118. The maximum absolute atomic E-state index is 4.72. The van der Waals surface area contributed by atoms with E-state index < -0.39 is 0 Å². The summed E-state index contributed by atoms with van der Waals surface area (Å²) in [5.41, 5.74) is 4.61. The van der Waals surface area contributed by atoms with Gasteiger partial charge in [0, 0.05) is 17.7 Å². The SMILES string of the molecule is Cc1[nH]c(Cc2ccccc2)nc1-c1ccccc1. The lowest BCUT2D eigenvalue weighted by Crippen LogP contribution is -1.90. The molecule has 94 valence electrons. The molecule has 2 aromatic carbocycles. The van der Waals surface area contributed by atoms with Crippen LogP contribution in [0.15, 0.2) is 60.7 Å². The lowest BCUT2D eigenvalue weighted by atomic mass is 10.1. The van der Waals surface area contributed by atoms with E-state index in [-0.39, 0.29) is 0 Å². The molecule has 0 saturated carbocycles. The van der Waals surface area contributed by atoms with Crippen molar-refractivity contribution < 1.29 is 0 Å². The number of imidazole rings is 1. The van der Waals surface area contributed by atoms with Gasteiger partial charge in [0.2, 0.25) is 0 Å². The third kappa shape index (κ3) is 2.58. The Bertz CT molecular complexity index is 654. The molecule has 2 nitrogen and oxygen atoms in total. The molecule has 3 aromatic rings. The molecule has 0 amide bonds. The highest BCUT2D eigenvalue weighted by Crippen LogP contribution is 2.21. The van der Waals surface area contributed by atoms with Gasteiger partial charge in [-0.05, 0) is 12.5 Å². The van der Waals surface area contributed by atoms with Gasteiger partial charge in [-0.1, -0.05) is 60.7 Å². The molecule has 0 aliphatic rings. The van der Waals surface area contributed by atoms with Gasteiger partial charge in [0.15, 0.2) is 0 Å². The van der Waals surface area contributed by atoms with E-state index in [9.17, 15) is 0 Å². The Morgan fingerprint density at radius 1 is 0.895 bits per heavy atom. The number of hydrogen-bond donors (Lipinski definition) is 1. The number of benzene rings is 2. The summed E-state index contributed by atoms with van der Waals surface area (Å²) in [6.45, 7) is 2.07. The summed E-state index contributed by atoms with van der Waals surface area (Å²) in [6.07, 6.45) is 0.842. The second-order valence-electron chi connectivity index (χ2n) is 4.69. The largest absolute Gasteiger partial charge is 0.345 e. The minimum Gasteiger partial charge on any atom is -0.345 e. The number of aryl methyl sites for hydroxylation is 1. The van der Waals surface area contributed by atoms with Gasteiger partial charge in [-0.25, -0.2) is 4.98 Å². The van der Waals surface area contributed by atoms with Crippen molar-refractivity contribution in [2.45, 2.75) is 13.3 Å². The lowest BCUT2D eigenvalue weighted by molar-refractivity contribution is 1.02. The Hall–Kier alpha value is -2.35. The molecule has 2 heteroatoms. The molecular weight excluding hydrogens is 232 g/mol. The molecule has 1 heterocycles. The molecule has 0 aliphatic carbocycles. The van der Waals surface area contributed by atoms with Crippen molar-refractivity contribution in [3.8, 4) is 11.3 Å². The molecule has 0 aliphatic heterocycles. The normalized spacial score (nSPS) is 10.6. The van der Waals surface area contributed by atoms with Crippen molar-refractivity contribution in [2.24, 2.45) is 0 Å². The summed E-state index contributed by atoms with van der Waals surface area (Å²) in [5, 5.41) is 0. The average Bonchev–Trinajstić information content (AvgIpc) is 2.82. The molecule has 0 radical (unpaired) electrons. The molecule has 1 aromatic heterocycles. The van der Waals surface area contributed by atoms with Crippen LogP contribution in [-0.2, 0) is 6.42 Å². The van der Waals surface area contributed by atoms with Crippen LogP contribution in [0.2, 0.25) is 0 Å². The first-order valence-corrected chi connectivity index (χ1v) is 6.48. The van der Waals surface area contributed by atoms with E-state index in [0.29, 0.717) is 0 Å². The van der Waals surface area contributed by atoms with Crippen molar-refractivity contribution in [3.63, 3.8) is 0 Å². The van der Waals surface area contributed by atoms with E-state index in [1.165, 1.54) is 5.56 Å². The fourth-order valence-electron chi connectivity index (χ4n) is 2.27. The standard InChI is InChI=1S/C17H16N2/c1-13-17(15-10-6-3-7-11-15)19-16(18-13)12-14-8-4-2-5-9-14/h2-11H,12H2,1H3,(H,18,19). The molecule has 0 bridgehead atoms. The third-order valence-corrected chi connectivity index (χ3v) is 3.20. The van der Waals surface area contributed by atoms with Crippen LogP contribution in [0.1, 0.15) is 17.1 Å². The zero-order chi connectivity index (χ0) is 13.1. The van der Waals surface area contributed by atoms with Crippen LogP contribution >= 0.6 is 0 Å². The summed E-state index contributed by atoms with van der Waals surface area (Å²) in [4.78, 5) is 8.10. The highest BCUT2D eigenvalue weighted by molar-refractivity contribution is 5.61. The van der Waals surface area contributed by atoms with Crippen molar-refractivity contribution in [2.75, 3.05) is 0 Å². The second kappa shape index (κ2) is 5.11. The fourth-order valence-corrected chi connectivity index (χ4v) is 2.27. The van der Waals surface area contributed by atoms with Crippen LogP contribution < -0.4 is 0 Å². The van der Waals surface area contributed by atoms with Gasteiger partial charge >= 0.3 is 0 Å². The Morgan fingerprint density at radius 2 is 1.53 bits per heavy atom. The first-order chi connectivity index (χ1) is 9.33. The molecule has 0 atom stereocenters. The molecule has 0 unspecified atom stereocenters. The number of rotatable bonds is 3. The number of H-pyrrole nitrogens is 1. The number of hydrogen-bond acceptors (Lipinski definition) is 1. The Labute approximate surface area is 113 Å². The van der Waals surface area contributed by atoms with Gasteiger partial charge in [0.05, 0.1) is 5.69 Å². The van der Waals surface area contributed by atoms with Crippen LogP contribution in [0.25, 0.3) is 11.3 Å². The van der Waals surface area contributed by atoms with Crippen molar-refractivity contribution in [1.29, 1.82) is 0 Å². The second-order valence-corrected chi connectivity index (χ2v) is 4.69. The minimum atomic E-state index is 0.842. The van der Waals surface area contributed by atoms with Crippen molar-refractivity contribution in [3.05, 3.63) is 77.7 Å². The summed E-state index contributed by atoms with van der Waals surface area (Å²) in [7, 11) is 0. The van der Waals surface area contributed by atoms with E-state index >= 15 is 0 Å². The highest BCUT2D eigenvalue weighted by Gasteiger charge is 2.08. The minimum absolute atomic E-state index is 0.842. The van der Waals surface area contributed by atoms with Gasteiger partial charge in [0.1, 0.15) is 5.82 Å². The van der Waals surface area contributed by atoms with Crippen LogP contribution in [0.5, 0.6) is 0 Å². The Balaban J connectivity index is 1.90. The molecule has 0 fully saturated rings. The van der Waals surface area contributed by atoms with Gasteiger partial charge in [-0.15, -0.1) is 0 Å². The first-order valence-electron chi connectivity index (χ1n) is 6.48. The predicted molar refractivity (Wildman–Crippen MR) is 78.0 cm³/mol. The van der Waals surface area contributed by atoms with Crippen LogP contribution in [0.4, 0.5) is 0 Å². The maximum atomic E-state index is 4.72. The summed E-state index contributed by atoms with van der Waals surface area (Å²) >= 11 is 0. The summed E-state index contributed by atoms with van der Waals surface area (Å²) < 4.78 is 0. The number of aromatic nitrogens is 2. The van der Waals surface area contributed by atoms with Gasteiger partial charge in [-0.2, -0.15) is 0 Å². The molecule has 1 N–H and O–H groups in total.